The molecular formula is C20H18N6O2S2. The SMILES string of the molecule is CC(C)Oc1cccc(C(=O)NC(=S)Nc2cccc(-c3nn4cnnc4s3)c2)c1. The third-order valence-corrected chi connectivity index (χ3v) is 5.12. The number of hydrogen-bond acceptors (Lipinski definition) is 7. The molecular weight excluding hydrogens is 420 g/mol. The second-order valence-corrected chi connectivity index (χ2v) is 8.01. The van der Waals surface area contributed by atoms with Crippen LogP contribution in [0, 0.1) is 0 Å². The Labute approximate surface area is 181 Å². The van der Waals surface area contributed by atoms with Crippen LogP contribution in [0.3, 0.4) is 0 Å². The molecule has 0 aliphatic carbocycles. The second-order valence-electron chi connectivity index (χ2n) is 6.65. The van der Waals surface area contributed by atoms with Crippen LogP contribution >= 0.6 is 23.6 Å². The summed E-state index contributed by atoms with van der Waals surface area (Å²) < 4.78 is 7.26. The maximum absolute atomic E-state index is 12.5. The fourth-order valence-corrected chi connectivity index (χ4v) is 3.75. The van der Waals surface area contributed by atoms with Crippen molar-refractivity contribution >= 4 is 45.2 Å². The number of aromatic nitrogens is 4. The zero-order valence-corrected chi connectivity index (χ0v) is 17.8. The van der Waals surface area contributed by atoms with Crippen LogP contribution in [0.15, 0.2) is 54.9 Å². The van der Waals surface area contributed by atoms with E-state index >= 15 is 0 Å². The number of nitrogens with zero attached hydrogens (tertiary/aromatic N) is 4. The fourth-order valence-electron chi connectivity index (χ4n) is 2.73. The van der Waals surface area contributed by atoms with E-state index in [0.29, 0.717) is 11.3 Å². The van der Waals surface area contributed by atoms with Crippen LogP contribution in [0.5, 0.6) is 5.75 Å². The first-order valence-corrected chi connectivity index (χ1v) is 10.4. The topological polar surface area (TPSA) is 93.4 Å². The number of rotatable bonds is 5. The Morgan fingerprint density at radius 3 is 2.83 bits per heavy atom. The number of ether oxygens (including phenoxy) is 1. The van der Waals surface area contributed by atoms with Crippen molar-refractivity contribution in [1.29, 1.82) is 0 Å². The average Bonchev–Trinajstić information content (AvgIpc) is 3.30. The lowest BCUT2D eigenvalue weighted by molar-refractivity contribution is 0.0977. The maximum atomic E-state index is 12.5. The molecule has 10 heteroatoms. The Balaban J connectivity index is 1.43. The lowest BCUT2D eigenvalue weighted by Gasteiger charge is -2.12. The molecule has 0 unspecified atom stereocenters. The van der Waals surface area contributed by atoms with Gasteiger partial charge in [-0.15, -0.1) is 10.2 Å². The summed E-state index contributed by atoms with van der Waals surface area (Å²) in [6.45, 7) is 3.86. The first-order chi connectivity index (χ1) is 14.5. The summed E-state index contributed by atoms with van der Waals surface area (Å²) in [5.74, 6) is 0.320. The second kappa shape index (κ2) is 8.56. The Kier molecular flexibility index (Phi) is 5.68. The number of hydrogen-bond donors (Lipinski definition) is 2. The molecule has 2 aromatic carbocycles. The standard InChI is InChI=1S/C20H18N6O2S2/c1-12(2)28-16-8-4-5-13(10-16)17(27)23-19(29)22-15-7-3-6-14(9-15)18-25-26-11-21-24-20(26)30-18/h3-12H,1-2H3,(H2,22,23,27,29). The third-order valence-electron chi connectivity index (χ3n) is 3.95. The summed E-state index contributed by atoms with van der Waals surface area (Å²) in [6.07, 6.45) is 1.58. The monoisotopic (exact) mass is 438 g/mol. The van der Waals surface area contributed by atoms with E-state index in [-0.39, 0.29) is 17.1 Å². The highest BCUT2D eigenvalue weighted by molar-refractivity contribution is 7.80. The van der Waals surface area contributed by atoms with Gasteiger partial charge in [-0.2, -0.15) is 9.61 Å². The molecule has 0 fully saturated rings. The van der Waals surface area contributed by atoms with Gasteiger partial charge in [0, 0.05) is 16.8 Å². The Morgan fingerprint density at radius 2 is 2.03 bits per heavy atom. The Morgan fingerprint density at radius 1 is 1.20 bits per heavy atom. The first kappa shape index (κ1) is 19.9. The number of anilines is 1. The number of carbonyl (C=O) groups is 1. The van der Waals surface area contributed by atoms with E-state index < -0.39 is 0 Å². The van der Waals surface area contributed by atoms with Crippen LogP contribution in [0.25, 0.3) is 15.5 Å². The van der Waals surface area contributed by atoms with Gasteiger partial charge in [0.15, 0.2) is 5.11 Å². The molecule has 0 saturated heterocycles. The highest BCUT2D eigenvalue weighted by Gasteiger charge is 2.11. The van der Waals surface area contributed by atoms with E-state index in [1.54, 1.807) is 29.0 Å². The van der Waals surface area contributed by atoms with Gasteiger partial charge < -0.3 is 10.1 Å². The van der Waals surface area contributed by atoms with Crippen molar-refractivity contribution in [2.75, 3.05) is 5.32 Å². The number of fused-ring (bicyclic) bond motifs is 1. The smallest absolute Gasteiger partial charge is 0.257 e. The molecule has 0 atom stereocenters. The quantitative estimate of drug-likeness (QED) is 0.458. The number of benzene rings is 2. The largest absolute Gasteiger partial charge is 0.491 e. The summed E-state index contributed by atoms with van der Waals surface area (Å²) in [6, 6.07) is 14.6. The van der Waals surface area contributed by atoms with Crippen molar-refractivity contribution in [2.24, 2.45) is 0 Å². The minimum atomic E-state index is -0.313. The zero-order valence-electron chi connectivity index (χ0n) is 16.2. The van der Waals surface area contributed by atoms with Crippen molar-refractivity contribution in [3.63, 3.8) is 0 Å². The summed E-state index contributed by atoms with van der Waals surface area (Å²) in [5, 5.41) is 19.0. The number of nitrogens with one attached hydrogen (secondary N) is 2. The molecule has 30 heavy (non-hydrogen) atoms. The van der Waals surface area contributed by atoms with Crippen LogP contribution in [0.1, 0.15) is 24.2 Å². The third kappa shape index (κ3) is 4.61. The maximum Gasteiger partial charge on any atom is 0.257 e. The van der Waals surface area contributed by atoms with Crippen molar-refractivity contribution in [3.8, 4) is 16.3 Å². The number of carbonyl (C=O) groups excluding carboxylic acids is 1. The van der Waals surface area contributed by atoms with E-state index in [4.69, 9.17) is 17.0 Å². The van der Waals surface area contributed by atoms with Gasteiger partial charge in [0.1, 0.15) is 17.1 Å². The van der Waals surface area contributed by atoms with Gasteiger partial charge in [-0.3, -0.25) is 10.1 Å². The molecule has 0 radical (unpaired) electrons. The van der Waals surface area contributed by atoms with Gasteiger partial charge in [-0.25, -0.2) is 0 Å². The van der Waals surface area contributed by atoms with Crippen LogP contribution in [0.2, 0.25) is 0 Å². The van der Waals surface area contributed by atoms with Crippen LogP contribution in [0.4, 0.5) is 5.69 Å². The van der Waals surface area contributed by atoms with Gasteiger partial charge in [0.25, 0.3) is 5.91 Å². The van der Waals surface area contributed by atoms with E-state index in [2.05, 4.69) is 25.9 Å². The highest BCUT2D eigenvalue weighted by atomic mass is 32.1. The van der Waals surface area contributed by atoms with E-state index in [1.807, 2.05) is 44.2 Å². The van der Waals surface area contributed by atoms with Gasteiger partial charge >= 0.3 is 0 Å². The molecule has 1 amide bonds. The van der Waals surface area contributed by atoms with Gasteiger partial charge in [0.2, 0.25) is 4.96 Å². The fraction of sp³-hybridized carbons (Fsp3) is 0.150. The summed E-state index contributed by atoms with van der Waals surface area (Å²) in [4.78, 5) is 13.2. The van der Waals surface area contributed by atoms with Crippen LogP contribution in [-0.4, -0.2) is 36.9 Å². The predicted octanol–water partition coefficient (Wildman–Crippen LogP) is 3.77. The van der Waals surface area contributed by atoms with Crippen molar-refractivity contribution in [2.45, 2.75) is 20.0 Å². The van der Waals surface area contributed by atoms with Crippen LogP contribution < -0.4 is 15.4 Å². The minimum Gasteiger partial charge on any atom is -0.491 e. The average molecular weight is 439 g/mol. The summed E-state index contributed by atoms with van der Waals surface area (Å²) >= 11 is 6.74. The molecule has 0 bridgehead atoms. The van der Waals surface area contributed by atoms with Gasteiger partial charge in [0.05, 0.1) is 6.10 Å². The molecule has 8 nitrogen and oxygen atoms in total. The summed E-state index contributed by atoms with van der Waals surface area (Å²) in [7, 11) is 0. The van der Waals surface area contributed by atoms with E-state index in [1.165, 1.54) is 11.3 Å². The molecule has 0 aliphatic rings. The molecule has 0 aliphatic heterocycles. The lowest BCUT2D eigenvalue weighted by Crippen LogP contribution is -2.34. The normalized spacial score (nSPS) is 10.9. The highest BCUT2D eigenvalue weighted by Crippen LogP contribution is 2.26. The molecule has 152 valence electrons. The molecule has 4 aromatic rings. The molecule has 4 rings (SSSR count). The first-order valence-electron chi connectivity index (χ1n) is 9.14. The van der Waals surface area contributed by atoms with Crippen LogP contribution in [-0.2, 0) is 0 Å². The Hall–Kier alpha value is -3.37. The molecule has 2 heterocycles. The molecule has 0 saturated carbocycles. The van der Waals surface area contributed by atoms with Crippen molar-refractivity contribution in [3.05, 3.63) is 60.4 Å². The minimum absolute atomic E-state index is 0.0247. The predicted molar refractivity (Wildman–Crippen MR) is 120 cm³/mol. The van der Waals surface area contributed by atoms with Crippen molar-refractivity contribution in [1.82, 2.24) is 25.1 Å². The van der Waals surface area contributed by atoms with Crippen molar-refractivity contribution < 1.29 is 9.53 Å². The Bertz CT molecular complexity index is 1190. The van der Waals surface area contributed by atoms with Gasteiger partial charge in [-0.1, -0.05) is 29.5 Å². The lowest BCUT2D eigenvalue weighted by atomic mass is 10.2. The number of amides is 1. The van der Waals surface area contributed by atoms with E-state index in [9.17, 15) is 4.79 Å². The van der Waals surface area contributed by atoms with Gasteiger partial charge in [-0.05, 0) is 56.4 Å². The molecule has 2 N–H and O–H groups in total. The molecule has 0 spiro atoms. The molecule has 2 aromatic heterocycles. The van der Waals surface area contributed by atoms with E-state index in [0.717, 1.165) is 21.2 Å². The summed E-state index contributed by atoms with van der Waals surface area (Å²) in [5.41, 5.74) is 2.11. The number of thiocarbonyl (C=S) groups is 1. The zero-order chi connectivity index (χ0) is 21.1.